The van der Waals surface area contributed by atoms with E-state index >= 15 is 0 Å². The summed E-state index contributed by atoms with van der Waals surface area (Å²) in [5, 5.41) is 0. The topological polar surface area (TPSA) is 54.0 Å². The quantitative estimate of drug-likeness (QED) is 0.244. The zero-order valence-electron chi connectivity index (χ0n) is 15.1. The van der Waals surface area contributed by atoms with Gasteiger partial charge in [0.05, 0.1) is 6.61 Å². The summed E-state index contributed by atoms with van der Waals surface area (Å²) in [6.45, 7) is 17.3. The predicted octanol–water partition coefficient (Wildman–Crippen LogP) is 2.26. The fourth-order valence-corrected chi connectivity index (χ4v) is 5.17. The van der Waals surface area contributed by atoms with E-state index in [0.29, 0.717) is 24.6 Å². The molecule has 0 aromatic heterocycles. The minimum absolute atomic E-state index is 0. The van der Waals surface area contributed by atoms with Crippen molar-refractivity contribution in [2.45, 2.75) is 79.2 Å². The van der Waals surface area contributed by atoms with Crippen molar-refractivity contribution in [1.29, 1.82) is 0 Å². The van der Waals surface area contributed by atoms with Crippen molar-refractivity contribution in [2.24, 2.45) is 0 Å². The van der Waals surface area contributed by atoms with Gasteiger partial charge in [-0.2, -0.15) is 0 Å². The second-order valence-electron chi connectivity index (χ2n) is 6.20. The van der Waals surface area contributed by atoms with Crippen LogP contribution in [0.25, 0.3) is 0 Å². The fraction of sp³-hybridized carbons (Fsp3) is 0.812. The largest absolute Gasteiger partial charge is 0.501 e. The monoisotopic (exact) mass is 364 g/mol. The van der Waals surface area contributed by atoms with Gasteiger partial charge in [-0.05, 0) is 65.9 Å². The van der Waals surface area contributed by atoms with Crippen molar-refractivity contribution < 1.29 is 22.8 Å². The molecule has 0 atom stereocenters. The lowest BCUT2D eigenvalue weighted by Gasteiger charge is -2.34. The number of hydrogen-bond donors (Lipinski definition) is 0. The summed E-state index contributed by atoms with van der Waals surface area (Å²) in [5.74, 6) is -0.369. The van der Waals surface area contributed by atoms with Gasteiger partial charge >= 0.3 is 14.8 Å². The highest BCUT2D eigenvalue weighted by atomic mass is 28.4. The van der Waals surface area contributed by atoms with Gasteiger partial charge in [0, 0.05) is 29.9 Å². The Morgan fingerprint density at radius 3 is 1.65 bits per heavy atom. The first-order valence-corrected chi connectivity index (χ1v) is 9.87. The molecule has 0 aliphatic heterocycles. The lowest BCUT2D eigenvalue weighted by Crippen LogP contribution is -2.50. The highest BCUT2D eigenvalue weighted by molar-refractivity contribution is 6.60. The summed E-state index contributed by atoms with van der Waals surface area (Å²) in [6.07, 6.45) is 0.684. The molecule has 0 unspecified atom stereocenters. The molecule has 0 aliphatic rings. The molecule has 0 N–H and O–H groups in total. The van der Waals surface area contributed by atoms with Crippen molar-refractivity contribution in [1.82, 2.24) is 0 Å². The molecule has 0 aliphatic carbocycles. The molecule has 0 rings (SSSR count). The van der Waals surface area contributed by atoms with Crippen LogP contribution < -0.4 is 0 Å². The van der Waals surface area contributed by atoms with Crippen molar-refractivity contribution >= 4 is 25.7 Å². The number of ether oxygens (including phenoxy) is 1. The van der Waals surface area contributed by atoms with Crippen LogP contribution >= 0.6 is 0 Å². The average Bonchev–Trinajstić information content (AvgIpc) is 2.31. The van der Waals surface area contributed by atoms with Crippen LogP contribution in [-0.4, -0.2) is 50.7 Å². The number of rotatable bonds is 11. The molecule has 23 heavy (non-hydrogen) atoms. The number of esters is 1. The first-order valence-electron chi connectivity index (χ1n) is 7.94. The van der Waals surface area contributed by atoms with Gasteiger partial charge in [0.1, 0.15) is 0 Å². The number of hydrogen-bond acceptors (Lipinski definition) is 5. The molecule has 0 aromatic rings. The summed E-state index contributed by atoms with van der Waals surface area (Å²) in [7, 11) is -2.80. The Morgan fingerprint density at radius 1 is 0.957 bits per heavy atom. The Morgan fingerprint density at radius 2 is 1.35 bits per heavy atom. The summed E-state index contributed by atoms with van der Waals surface area (Å²) in [4.78, 5) is 11.4. The maximum atomic E-state index is 11.4. The SMILES string of the molecule is C=C(C)C(=O)OCCC[Si](OC(C)C)(OC(C)C)OC(C)C.[SiH4]. The molecule has 0 radical (unpaired) electrons. The molecule has 138 valence electrons. The summed E-state index contributed by atoms with van der Waals surface area (Å²) in [6, 6.07) is 0.616. The molecule has 0 aromatic carbocycles. The first-order chi connectivity index (χ1) is 10.1. The van der Waals surface area contributed by atoms with Gasteiger partial charge in [-0.3, -0.25) is 0 Å². The van der Waals surface area contributed by atoms with E-state index < -0.39 is 8.80 Å². The van der Waals surface area contributed by atoms with Gasteiger partial charge in [0.25, 0.3) is 0 Å². The predicted molar refractivity (Wildman–Crippen MR) is 101 cm³/mol. The summed E-state index contributed by atoms with van der Waals surface area (Å²) >= 11 is 0. The molecule has 7 heteroatoms. The van der Waals surface area contributed by atoms with Crippen LogP contribution in [0.5, 0.6) is 0 Å². The zero-order chi connectivity index (χ0) is 17.3. The third kappa shape index (κ3) is 11.7. The molecule has 0 saturated heterocycles. The smallest absolute Gasteiger partial charge is 0.462 e. The van der Waals surface area contributed by atoms with Gasteiger partial charge in [-0.1, -0.05) is 6.58 Å². The molecule has 0 saturated carbocycles. The maximum absolute atomic E-state index is 11.4. The van der Waals surface area contributed by atoms with Crippen molar-refractivity contribution in [3.8, 4) is 0 Å². The van der Waals surface area contributed by atoms with Crippen LogP contribution in [0, 0.1) is 0 Å². The Bertz CT molecular complexity index is 330. The highest BCUT2D eigenvalue weighted by Gasteiger charge is 2.43. The van der Waals surface area contributed by atoms with Gasteiger partial charge in [-0.15, -0.1) is 0 Å². The second kappa shape index (κ2) is 12.0. The van der Waals surface area contributed by atoms with Crippen molar-refractivity contribution in [3.05, 3.63) is 12.2 Å². The van der Waals surface area contributed by atoms with Gasteiger partial charge in [-0.25, -0.2) is 4.79 Å². The summed E-state index contributed by atoms with van der Waals surface area (Å²) in [5.41, 5.74) is 0.402. The fourth-order valence-electron chi connectivity index (χ4n) is 1.91. The van der Waals surface area contributed by atoms with Gasteiger partial charge < -0.3 is 18.0 Å². The first kappa shape index (κ1) is 24.8. The molecule has 0 amide bonds. The Kier molecular flexibility index (Phi) is 12.9. The van der Waals surface area contributed by atoms with Crippen LogP contribution in [0.15, 0.2) is 12.2 Å². The Labute approximate surface area is 147 Å². The molecular weight excluding hydrogens is 328 g/mol. The maximum Gasteiger partial charge on any atom is 0.501 e. The third-order valence-electron chi connectivity index (χ3n) is 2.45. The van der Waals surface area contributed by atoms with Crippen LogP contribution in [0.3, 0.4) is 0 Å². The lowest BCUT2D eigenvalue weighted by atomic mass is 10.4. The van der Waals surface area contributed by atoms with E-state index in [1.165, 1.54) is 0 Å². The van der Waals surface area contributed by atoms with Crippen LogP contribution in [0.1, 0.15) is 54.9 Å². The number of carbonyl (C=O) groups is 1. The van der Waals surface area contributed by atoms with E-state index in [4.69, 9.17) is 18.0 Å². The van der Waals surface area contributed by atoms with E-state index in [0.717, 1.165) is 0 Å². The molecular formula is C16H36O5Si2. The van der Waals surface area contributed by atoms with Crippen molar-refractivity contribution in [2.75, 3.05) is 6.61 Å². The van der Waals surface area contributed by atoms with Gasteiger partial charge in [0.15, 0.2) is 0 Å². The van der Waals surface area contributed by atoms with E-state index in [1.54, 1.807) is 6.92 Å². The van der Waals surface area contributed by atoms with Crippen LogP contribution in [0.4, 0.5) is 0 Å². The molecule has 5 nitrogen and oxygen atoms in total. The minimum Gasteiger partial charge on any atom is -0.462 e. The van der Waals surface area contributed by atoms with E-state index in [1.807, 2.05) is 41.5 Å². The van der Waals surface area contributed by atoms with E-state index in [9.17, 15) is 4.79 Å². The van der Waals surface area contributed by atoms with E-state index in [2.05, 4.69) is 6.58 Å². The Hall–Kier alpha value is -0.476. The van der Waals surface area contributed by atoms with E-state index in [-0.39, 0.29) is 35.2 Å². The number of carbonyl (C=O) groups excluding carboxylic acids is 1. The van der Waals surface area contributed by atoms with Gasteiger partial charge in [0.2, 0.25) is 0 Å². The Balaban J connectivity index is 0. The third-order valence-corrected chi connectivity index (χ3v) is 5.91. The van der Waals surface area contributed by atoms with Crippen LogP contribution in [-0.2, 0) is 22.8 Å². The zero-order valence-corrected chi connectivity index (χ0v) is 16.1. The lowest BCUT2D eigenvalue weighted by molar-refractivity contribution is -0.139. The van der Waals surface area contributed by atoms with Crippen LogP contribution in [0.2, 0.25) is 6.04 Å². The second-order valence-corrected chi connectivity index (χ2v) is 8.78. The highest BCUT2D eigenvalue weighted by Crippen LogP contribution is 2.23. The van der Waals surface area contributed by atoms with Crippen molar-refractivity contribution in [3.63, 3.8) is 0 Å². The minimum atomic E-state index is -2.80. The summed E-state index contributed by atoms with van der Waals surface area (Å²) < 4.78 is 23.3. The molecule has 0 heterocycles. The molecule has 0 spiro atoms. The normalized spacial score (nSPS) is 11.7. The molecule has 0 fully saturated rings. The molecule has 0 bridgehead atoms. The average molecular weight is 365 g/mol. The standard InChI is InChI=1S/C16H32O5Si.H4Si/c1-12(2)16(17)18-10-9-11-22(19-13(3)4,20-14(5)6)21-15(7)8;/h13-15H,1,9-11H2,2-8H3;1H4.